The third-order valence-electron chi connectivity index (χ3n) is 5.05. The van der Waals surface area contributed by atoms with Crippen LogP contribution in [0, 0.1) is 0 Å². The van der Waals surface area contributed by atoms with Gasteiger partial charge in [-0.1, -0.05) is 24.3 Å². The molecule has 0 atom stereocenters. The minimum atomic E-state index is -2.02. The minimum Gasteiger partial charge on any atom is -0.395 e. The van der Waals surface area contributed by atoms with E-state index >= 15 is 0 Å². The Morgan fingerprint density at radius 2 is 0.938 bits per heavy atom. The molecule has 0 aliphatic heterocycles. The van der Waals surface area contributed by atoms with Crippen molar-refractivity contribution in [1.29, 1.82) is 0 Å². The predicted molar refractivity (Wildman–Crippen MR) is 140 cm³/mol. The molecule has 6 nitrogen and oxygen atoms in total. The molecule has 0 fully saturated rings. The summed E-state index contributed by atoms with van der Waals surface area (Å²) in [6.07, 6.45) is 5.85. The molecule has 8 heteroatoms. The van der Waals surface area contributed by atoms with E-state index in [-0.39, 0.29) is 0 Å². The lowest BCUT2D eigenvalue weighted by Crippen LogP contribution is -2.38. The van der Waals surface area contributed by atoms with Crippen molar-refractivity contribution in [3.63, 3.8) is 0 Å². The normalized spacial score (nSPS) is 12.9. The van der Waals surface area contributed by atoms with E-state index in [1.807, 2.05) is 40.1 Å². The van der Waals surface area contributed by atoms with Crippen LogP contribution in [0.5, 0.6) is 0 Å². The Morgan fingerprint density at radius 3 is 1.22 bits per heavy atom. The maximum atomic E-state index is 5.88. The van der Waals surface area contributed by atoms with Gasteiger partial charge in [-0.05, 0) is 76.8 Å². The van der Waals surface area contributed by atoms with Gasteiger partial charge in [-0.25, -0.2) is 0 Å². The lowest BCUT2D eigenvalue weighted by atomic mass is 10.1. The molecule has 0 amide bonds. The summed E-state index contributed by atoms with van der Waals surface area (Å²) >= 11 is 0. The van der Waals surface area contributed by atoms with Gasteiger partial charge < -0.3 is 17.7 Å². The summed E-state index contributed by atoms with van der Waals surface area (Å²) in [6, 6.07) is 10.3. The molecule has 0 heterocycles. The predicted octanol–water partition coefficient (Wildman–Crippen LogP) is 5.59. The maximum absolute atomic E-state index is 5.88. The van der Waals surface area contributed by atoms with Gasteiger partial charge in [0.15, 0.2) is 0 Å². The zero-order valence-corrected chi connectivity index (χ0v) is 23.1. The highest BCUT2D eigenvalue weighted by molar-refractivity contribution is 6.66. The number of nitrogens with zero attached hydrogens (tertiary/aromatic N) is 2. The maximum Gasteiger partial charge on any atom is 0.334 e. The molecular weight excluding hydrogens is 436 g/mol. The second-order valence-corrected chi connectivity index (χ2v) is 14.6. The standard InChI is InChI=1S/C24H44N2O4Si2/c1-7-27-31(5,28-8-2)19-11-17-25-21-23-13-15-24(16-14-23)22-26-18-12-20-32(6,29-9-3)30-10-4/h13-16,21-22H,7-12,17-20H2,1-6H3/b25-21+,26-22+. The van der Waals surface area contributed by atoms with Crippen molar-refractivity contribution >= 4 is 29.6 Å². The van der Waals surface area contributed by atoms with Crippen molar-refractivity contribution < 1.29 is 17.7 Å². The van der Waals surface area contributed by atoms with Crippen LogP contribution in [0.3, 0.4) is 0 Å². The molecule has 1 aromatic carbocycles. The summed E-state index contributed by atoms with van der Waals surface area (Å²) in [5.74, 6) is 0. The molecule has 0 aromatic heterocycles. The van der Waals surface area contributed by atoms with Gasteiger partial charge in [-0.2, -0.15) is 0 Å². The molecule has 0 spiro atoms. The summed E-state index contributed by atoms with van der Waals surface area (Å²) in [7, 11) is -4.05. The Morgan fingerprint density at radius 1 is 0.625 bits per heavy atom. The van der Waals surface area contributed by atoms with Gasteiger partial charge in [0.25, 0.3) is 0 Å². The summed E-state index contributed by atoms with van der Waals surface area (Å²) in [5, 5.41) is 0. The summed E-state index contributed by atoms with van der Waals surface area (Å²) in [6.45, 7) is 16.8. The first kappa shape index (κ1) is 28.9. The lowest BCUT2D eigenvalue weighted by Gasteiger charge is -2.25. The number of rotatable bonds is 18. The lowest BCUT2D eigenvalue weighted by molar-refractivity contribution is 0.188. The van der Waals surface area contributed by atoms with E-state index in [4.69, 9.17) is 17.7 Å². The van der Waals surface area contributed by atoms with E-state index in [0.717, 1.165) is 49.1 Å². The van der Waals surface area contributed by atoms with Crippen LogP contribution >= 0.6 is 0 Å². The third kappa shape index (κ3) is 12.2. The fraction of sp³-hybridized carbons (Fsp3) is 0.667. The van der Waals surface area contributed by atoms with Crippen molar-refractivity contribution in [2.75, 3.05) is 39.5 Å². The molecule has 0 bridgehead atoms. The van der Waals surface area contributed by atoms with Crippen molar-refractivity contribution in [2.24, 2.45) is 9.98 Å². The van der Waals surface area contributed by atoms with E-state index in [1.54, 1.807) is 0 Å². The Balaban J connectivity index is 2.38. The number of hydrogen-bond donors (Lipinski definition) is 0. The molecule has 0 saturated heterocycles. The Bertz CT molecular complexity index is 599. The fourth-order valence-corrected chi connectivity index (χ4v) is 8.37. The number of benzene rings is 1. The molecule has 1 aromatic rings. The van der Waals surface area contributed by atoms with E-state index in [0.29, 0.717) is 26.4 Å². The Kier molecular flexibility index (Phi) is 14.8. The van der Waals surface area contributed by atoms with Crippen LogP contribution in [0.25, 0.3) is 0 Å². The highest BCUT2D eigenvalue weighted by atomic mass is 28.4. The average Bonchev–Trinajstić information content (AvgIpc) is 2.75. The van der Waals surface area contributed by atoms with Gasteiger partial charge in [0.05, 0.1) is 0 Å². The molecule has 0 aliphatic rings. The van der Waals surface area contributed by atoms with E-state index in [9.17, 15) is 0 Å². The highest BCUT2D eigenvalue weighted by Gasteiger charge is 2.30. The number of aliphatic imine (C=N–C) groups is 2. The van der Waals surface area contributed by atoms with Crippen LogP contribution in [-0.2, 0) is 17.7 Å². The molecule has 0 unspecified atom stereocenters. The monoisotopic (exact) mass is 480 g/mol. The highest BCUT2D eigenvalue weighted by Crippen LogP contribution is 2.17. The molecular formula is C24H44N2O4Si2. The summed E-state index contributed by atoms with van der Waals surface area (Å²) in [4.78, 5) is 9.13. The Labute approximate surface area is 198 Å². The first-order valence-corrected chi connectivity index (χ1v) is 17.1. The largest absolute Gasteiger partial charge is 0.395 e. The quantitative estimate of drug-likeness (QED) is 0.156. The van der Waals surface area contributed by atoms with Crippen LogP contribution < -0.4 is 0 Å². The van der Waals surface area contributed by atoms with E-state index in [1.165, 1.54) is 0 Å². The van der Waals surface area contributed by atoms with Crippen LogP contribution in [0.15, 0.2) is 34.3 Å². The van der Waals surface area contributed by atoms with Crippen molar-refractivity contribution in [3.05, 3.63) is 35.4 Å². The summed E-state index contributed by atoms with van der Waals surface area (Å²) in [5.41, 5.74) is 2.21. The zero-order chi connectivity index (χ0) is 23.7. The van der Waals surface area contributed by atoms with Crippen LogP contribution in [0.4, 0.5) is 0 Å². The van der Waals surface area contributed by atoms with Crippen molar-refractivity contribution in [3.8, 4) is 0 Å². The van der Waals surface area contributed by atoms with Crippen LogP contribution in [0.1, 0.15) is 51.7 Å². The van der Waals surface area contributed by atoms with Gasteiger partial charge in [0.2, 0.25) is 0 Å². The topological polar surface area (TPSA) is 61.6 Å². The van der Waals surface area contributed by atoms with Crippen molar-refractivity contribution in [2.45, 2.75) is 65.7 Å². The molecule has 182 valence electrons. The van der Waals surface area contributed by atoms with Gasteiger partial charge in [0.1, 0.15) is 0 Å². The molecule has 0 aliphatic carbocycles. The molecule has 0 N–H and O–H groups in total. The third-order valence-corrected chi connectivity index (χ3v) is 11.2. The van der Waals surface area contributed by atoms with Gasteiger partial charge in [-0.3, -0.25) is 9.98 Å². The van der Waals surface area contributed by atoms with E-state index < -0.39 is 17.1 Å². The second kappa shape index (κ2) is 16.4. The molecule has 32 heavy (non-hydrogen) atoms. The average molecular weight is 481 g/mol. The van der Waals surface area contributed by atoms with Crippen molar-refractivity contribution in [1.82, 2.24) is 0 Å². The van der Waals surface area contributed by atoms with Gasteiger partial charge in [0, 0.05) is 51.9 Å². The smallest absolute Gasteiger partial charge is 0.334 e. The second-order valence-electron chi connectivity index (χ2n) is 7.94. The number of hydrogen-bond acceptors (Lipinski definition) is 6. The minimum absolute atomic E-state index is 0.712. The molecule has 0 radical (unpaired) electrons. The fourth-order valence-electron chi connectivity index (χ4n) is 3.58. The van der Waals surface area contributed by atoms with Gasteiger partial charge >= 0.3 is 17.1 Å². The molecule has 0 saturated carbocycles. The Hall–Kier alpha value is -1.17. The van der Waals surface area contributed by atoms with Crippen LogP contribution in [-0.4, -0.2) is 69.1 Å². The summed E-state index contributed by atoms with van der Waals surface area (Å²) < 4.78 is 23.5. The first-order valence-electron chi connectivity index (χ1n) is 12.1. The van der Waals surface area contributed by atoms with Gasteiger partial charge in [-0.15, -0.1) is 0 Å². The van der Waals surface area contributed by atoms with E-state index in [2.05, 4.69) is 47.3 Å². The zero-order valence-electron chi connectivity index (χ0n) is 21.1. The first-order chi connectivity index (χ1) is 15.4. The molecule has 1 rings (SSSR count). The SMILES string of the molecule is CCO[Si](C)(CCC/N=C/c1ccc(/C=N/CCC[Si](C)(OCC)OCC)cc1)OCC. The van der Waals surface area contributed by atoms with Crippen LogP contribution in [0.2, 0.25) is 25.2 Å².